The van der Waals surface area contributed by atoms with Crippen molar-refractivity contribution in [2.75, 3.05) is 0 Å². The molecule has 2 atom stereocenters. The molecule has 43 heavy (non-hydrogen) atoms. The molecule has 0 aliphatic carbocycles. The zero-order valence-electron chi connectivity index (χ0n) is 25.8. The second kappa shape index (κ2) is 16.0. The molecule has 0 aliphatic rings. The quantitative estimate of drug-likeness (QED) is 0.177. The van der Waals surface area contributed by atoms with Gasteiger partial charge in [-0.15, -0.1) is 0 Å². The molecule has 1 amide bonds. The molecule has 1 aromatic heterocycles. The van der Waals surface area contributed by atoms with Crippen molar-refractivity contribution in [1.29, 1.82) is 0 Å². The molecule has 0 spiro atoms. The van der Waals surface area contributed by atoms with E-state index in [1.807, 2.05) is 79.1 Å². The van der Waals surface area contributed by atoms with E-state index in [1.165, 1.54) is 12.1 Å². The number of nitrogens with zero attached hydrogens (tertiary/aromatic N) is 1. The molecule has 0 saturated heterocycles. The van der Waals surface area contributed by atoms with Gasteiger partial charge in [0.25, 0.3) is 5.91 Å². The van der Waals surface area contributed by atoms with E-state index in [4.69, 9.17) is 5.11 Å². The number of aromatic nitrogens is 1. The summed E-state index contributed by atoms with van der Waals surface area (Å²) < 4.78 is 16.0. The van der Waals surface area contributed by atoms with Gasteiger partial charge in [0, 0.05) is 29.4 Å². The number of amides is 1. The average molecular weight is 597 g/mol. The van der Waals surface area contributed by atoms with Gasteiger partial charge in [-0.3, -0.25) is 9.59 Å². The second-order valence-corrected chi connectivity index (χ2v) is 10.7. The smallest absolute Gasteiger partial charge is 1.00 e. The average Bonchev–Trinajstić information content (AvgIpc) is 3.31. The molecule has 0 fully saturated rings. The third kappa shape index (κ3) is 8.87. The Labute approximate surface area is 275 Å². The van der Waals surface area contributed by atoms with Crippen LogP contribution in [0.1, 0.15) is 62.3 Å². The summed E-state index contributed by atoms with van der Waals surface area (Å²) >= 11 is 0. The van der Waals surface area contributed by atoms with Crippen LogP contribution in [0.25, 0.3) is 22.3 Å². The Morgan fingerprint density at radius 1 is 0.860 bits per heavy atom. The molecule has 4 N–H and O–H groups in total. The van der Waals surface area contributed by atoms with Crippen LogP contribution in [0.5, 0.6) is 0 Å². The third-order valence-corrected chi connectivity index (χ3v) is 7.20. The number of nitrogens with one attached hydrogen (secondary N) is 1. The number of carbonyl (C=O) groups is 2. The summed E-state index contributed by atoms with van der Waals surface area (Å²) in [5.74, 6) is -1.78. The van der Waals surface area contributed by atoms with E-state index in [1.54, 1.807) is 12.1 Å². The van der Waals surface area contributed by atoms with Gasteiger partial charge in [0.15, 0.2) is 0 Å². The minimum atomic E-state index is -1.18. The van der Waals surface area contributed by atoms with Crippen LogP contribution < -0.4 is 34.9 Å². The fraction of sp³-hybridized carbons (Fsp3) is 0.294. The van der Waals surface area contributed by atoms with Gasteiger partial charge in [0.1, 0.15) is 11.5 Å². The molecule has 3 aromatic carbocycles. The fourth-order valence-corrected chi connectivity index (χ4v) is 5.37. The van der Waals surface area contributed by atoms with Gasteiger partial charge in [-0.05, 0) is 61.9 Å². The van der Waals surface area contributed by atoms with Crippen molar-refractivity contribution in [1.82, 2.24) is 9.88 Å². The summed E-state index contributed by atoms with van der Waals surface area (Å²) in [5, 5.41) is 32.9. The number of carboxylic acid groups (broad SMARTS) is 1. The van der Waals surface area contributed by atoms with Gasteiger partial charge in [-0.25, -0.2) is 4.39 Å². The molecule has 0 unspecified atom stereocenters. The molecule has 0 aliphatic heterocycles. The zero-order valence-corrected chi connectivity index (χ0v) is 26.8. The number of rotatable bonds is 13. The summed E-state index contributed by atoms with van der Waals surface area (Å²) in [5.41, 5.74) is 5.21. The number of benzene rings is 3. The van der Waals surface area contributed by atoms with E-state index in [-0.39, 0.29) is 61.6 Å². The Balaban J connectivity index is 0.00000337. The first-order valence-corrected chi connectivity index (χ1v) is 14.1. The predicted octanol–water partition coefficient (Wildman–Crippen LogP) is 3.11. The van der Waals surface area contributed by atoms with Gasteiger partial charge in [-0.1, -0.05) is 72.8 Å². The van der Waals surface area contributed by atoms with Crippen molar-refractivity contribution >= 4 is 11.9 Å². The number of aliphatic carboxylic acids is 1. The Bertz CT molecular complexity index is 1500. The number of aliphatic hydroxyl groups excluding tert-OH is 2. The van der Waals surface area contributed by atoms with Crippen LogP contribution in [0, 0.1) is 5.82 Å². The molecule has 9 heteroatoms. The van der Waals surface area contributed by atoms with Crippen molar-refractivity contribution in [2.24, 2.45) is 0 Å². The van der Waals surface area contributed by atoms with Crippen molar-refractivity contribution < 1.29 is 60.3 Å². The Morgan fingerprint density at radius 2 is 1.44 bits per heavy atom. The minimum Gasteiger partial charge on any atom is -1.00 e. The van der Waals surface area contributed by atoms with E-state index < -0.39 is 24.6 Å². The van der Waals surface area contributed by atoms with Crippen LogP contribution >= 0.6 is 0 Å². The largest absolute Gasteiger partial charge is 1.00 e. The van der Waals surface area contributed by atoms with E-state index in [9.17, 15) is 24.2 Å². The number of aliphatic hydroxyl groups is 2. The number of carboxylic acids is 1. The molecule has 4 rings (SSSR count). The molecule has 1 heterocycles. The van der Waals surface area contributed by atoms with E-state index in [2.05, 4.69) is 5.32 Å². The van der Waals surface area contributed by atoms with E-state index in [0.717, 1.165) is 27.9 Å². The van der Waals surface area contributed by atoms with Crippen LogP contribution in [0.4, 0.5) is 4.39 Å². The summed E-state index contributed by atoms with van der Waals surface area (Å²) in [4.78, 5) is 25.0. The fourth-order valence-electron chi connectivity index (χ4n) is 5.37. The normalized spacial score (nSPS) is 12.4. The Morgan fingerprint density at radius 3 is 2.02 bits per heavy atom. The first-order valence-electron chi connectivity index (χ1n) is 14.1. The van der Waals surface area contributed by atoms with Crippen LogP contribution in [-0.2, 0) is 17.8 Å². The molecule has 222 valence electrons. The summed E-state index contributed by atoms with van der Waals surface area (Å²) in [7, 11) is 0. The topological polar surface area (TPSA) is 112 Å². The maximum atomic E-state index is 14.0. The van der Waals surface area contributed by atoms with E-state index in [0.29, 0.717) is 24.2 Å². The number of hydrogen-bond acceptors (Lipinski definition) is 4. The van der Waals surface area contributed by atoms with Crippen molar-refractivity contribution in [3.8, 4) is 22.3 Å². The first-order chi connectivity index (χ1) is 20.2. The number of hydrogen-bond donors (Lipinski definition) is 4. The molecule has 0 saturated carbocycles. The standard InChI is InChI=1S/C34H37FN2O5.Na.H/c1-22(2)37-29(18-17-27(38)19-28(39)20-30(40)41)31(25-13-15-26(35)16-14-25)32(24-11-7-4-8-12-24)33(37)34(42)36-21-23-9-5-3-6-10-23;;/h3-16,22,27-28,38-39H,17-21H2,1-2H3,(H,36,42)(H,40,41);;/q;+1;-1/t27-,28-;;/m1../s1. The third-order valence-electron chi connectivity index (χ3n) is 7.20. The maximum absolute atomic E-state index is 14.0. The van der Waals surface area contributed by atoms with Crippen LogP contribution in [0.2, 0.25) is 0 Å². The van der Waals surface area contributed by atoms with Gasteiger partial charge in [0.05, 0.1) is 18.6 Å². The van der Waals surface area contributed by atoms with Crippen molar-refractivity contribution in [2.45, 2.75) is 64.3 Å². The summed E-state index contributed by atoms with van der Waals surface area (Å²) in [6.07, 6.45) is -2.13. The van der Waals surface area contributed by atoms with Gasteiger partial charge >= 0.3 is 35.5 Å². The Hall–Kier alpha value is -3.27. The SMILES string of the molecule is CC(C)n1c(CC[C@@H](O)C[C@@H](O)CC(=O)O)c(-c2ccc(F)cc2)c(-c2ccccc2)c1C(=O)NCc1ccccc1.[H-].[Na+]. The number of carbonyl (C=O) groups excluding carboxylic acids is 1. The first kappa shape index (κ1) is 34.2. The molecular formula is C34H38FN2NaO5. The number of halogens is 1. The monoisotopic (exact) mass is 596 g/mol. The van der Waals surface area contributed by atoms with Crippen LogP contribution in [0.3, 0.4) is 0 Å². The molecule has 7 nitrogen and oxygen atoms in total. The summed E-state index contributed by atoms with van der Waals surface area (Å²) in [6.45, 7) is 4.29. The minimum absolute atomic E-state index is 0. The molecule has 4 aromatic rings. The predicted molar refractivity (Wildman–Crippen MR) is 162 cm³/mol. The Kier molecular flexibility index (Phi) is 12.7. The van der Waals surface area contributed by atoms with E-state index >= 15 is 0 Å². The van der Waals surface area contributed by atoms with Gasteiger partial charge < -0.3 is 26.6 Å². The van der Waals surface area contributed by atoms with Gasteiger partial charge in [-0.2, -0.15) is 0 Å². The zero-order chi connectivity index (χ0) is 30.2. The maximum Gasteiger partial charge on any atom is 1.00 e. The molecule has 0 radical (unpaired) electrons. The second-order valence-electron chi connectivity index (χ2n) is 10.7. The van der Waals surface area contributed by atoms with Crippen LogP contribution in [0.15, 0.2) is 84.9 Å². The summed E-state index contributed by atoms with van der Waals surface area (Å²) in [6, 6.07) is 25.2. The van der Waals surface area contributed by atoms with Gasteiger partial charge in [0.2, 0.25) is 0 Å². The van der Waals surface area contributed by atoms with Crippen molar-refractivity contribution in [3.63, 3.8) is 0 Å². The van der Waals surface area contributed by atoms with Crippen molar-refractivity contribution in [3.05, 3.63) is 108 Å². The molecule has 0 bridgehead atoms. The molecular weight excluding hydrogens is 558 g/mol. The van der Waals surface area contributed by atoms with Crippen LogP contribution in [-0.4, -0.2) is 44.0 Å².